The van der Waals surface area contributed by atoms with Crippen LogP contribution in [0.4, 0.5) is 0 Å². The Hall–Kier alpha value is -0.0800. The molecule has 2 rings (SSSR count). The van der Waals surface area contributed by atoms with E-state index in [9.17, 15) is 0 Å². The average molecular weight is 210 g/mol. The number of hydrogen-bond acceptors (Lipinski definition) is 2. The van der Waals surface area contributed by atoms with Gasteiger partial charge >= 0.3 is 0 Å². The fraction of sp³-hybridized carbons (Fsp3) is 1.00. The molecule has 2 aliphatic rings. The fourth-order valence-corrected chi connectivity index (χ4v) is 3.53. The highest BCUT2D eigenvalue weighted by atomic mass is 15.2. The summed E-state index contributed by atoms with van der Waals surface area (Å²) in [4.78, 5) is 2.69. The summed E-state index contributed by atoms with van der Waals surface area (Å²) in [6.45, 7) is 4.58. The topological polar surface area (TPSA) is 29.3 Å². The predicted octanol–water partition coefficient (Wildman–Crippen LogP) is 2.38. The molecule has 2 atom stereocenters. The van der Waals surface area contributed by atoms with E-state index in [4.69, 9.17) is 5.73 Å². The summed E-state index contributed by atoms with van der Waals surface area (Å²) < 4.78 is 0. The molecule has 2 nitrogen and oxygen atoms in total. The predicted molar refractivity (Wildman–Crippen MR) is 64.8 cm³/mol. The molecule has 2 N–H and O–H groups in total. The Morgan fingerprint density at radius 1 is 1.13 bits per heavy atom. The first-order chi connectivity index (χ1) is 7.33. The van der Waals surface area contributed by atoms with Crippen molar-refractivity contribution in [3.05, 3.63) is 0 Å². The molecule has 1 unspecified atom stereocenters. The lowest BCUT2D eigenvalue weighted by Gasteiger charge is -2.37. The largest absolute Gasteiger partial charge is 0.329 e. The van der Waals surface area contributed by atoms with Crippen LogP contribution in [0.5, 0.6) is 0 Å². The zero-order valence-electron chi connectivity index (χ0n) is 10.1. The molecule has 2 fully saturated rings. The molecular weight excluding hydrogens is 184 g/mol. The van der Waals surface area contributed by atoms with Crippen molar-refractivity contribution in [2.24, 2.45) is 11.7 Å². The first-order valence-corrected chi connectivity index (χ1v) is 6.78. The Bertz CT molecular complexity index is 187. The van der Waals surface area contributed by atoms with E-state index in [-0.39, 0.29) is 0 Å². The van der Waals surface area contributed by atoms with Crippen molar-refractivity contribution in [3.63, 3.8) is 0 Å². The molecule has 1 saturated heterocycles. The smallest absolute Gasteiger partial charge is 0.0221 e. The lowest BCUT2D eigenvalue weighted by Crippen LogP contribution is -2.45. The van der Waals surface area contributed by atoms with E-state index < -0.39 is 0 Å². The van der Waals surface area contributed by atoms with Crippen molar-refractivity contribution in [1.82, 2.24) is 4.90 Å². The van der Waals surface area contributed by atoms with Gasteiger partial charge in [-0.3, -0.25) is 4.90 Å². The van der Waals surface area contributed by atoms with E-state index in [1.807, 2.05) is 0 Å². The van der Waals surface area contributed by atoms with Crippen LogP contribution in [-0.2, 0) is 0 Å². The third-order valence-electron chi connectivity index (χ3n) is 4.55. The first kappa shape index (κ1) is 11.4. The second-order valence-corrected chi connectivity index (χ2v) is 5.41. The van der Waals surface area contributed by atoms with Gasteiger partial charge in [-0.1, -0.05) is 19.3 Å². The maximum absolute atomic E-state index is 5.85. The Morgan fingerprint density at radius 2 is 1.87 bits per heavy atom. The molecule has 0 radical (unpaired) electrons. The van der Waals surface area contributed by atoms with Crippen LogP contribution in [0.15, 0.2) is 0 Å². The van der Waals surface area contributed by atoms with Crippen LogP contribution in [0.25, 0.3) is 0 Å². The molecule has 0 bridgehead atoms. The zero-order valence-corrected chi connectivity index (χ0v) is 10.1. The van der Waals surface area contributed by atoms with Gasteiger partial charge in [0.05, 0.1) is 0 Å². The molecule has 2 heteroatoms. The van der Waals surface area contributed by atoms with Gasteiger partial charge in [0.15, 0.2) is 0 Å². The standard InChI is InChI=1S/C13H26N2/c1-11(12-6-3-2-4-7-12)15-9-5-8-13(15)10-14/h11-13H,2-10,14H2,1H3/t11?,13-/m0/s1. The summed E-state index contributed by atoms with van der Waals surface area (Å²) in [5.74, 6) is 0.950. The Labute approximate surface area is 94.2 Å². The SMILES string of the molecule is CC(C1CCCCC1)N1CCC[C@H]1CN. The second-order valence-electron chi connectivity index (χ2n) is 5.41. The van der Waals surface area contributed by atoms with E-state index >= 15 is 0 Å². The summed E-state index contributed by atoms with van der Waals surface area (Å²) in [7, 11) is 0. The highest BCUT2D eigenvalue weighted by molar-refractivity contribution is 4.87. The lowest BCUT2D eigenvalue weighted by molar-refractivity contribution is 0.120. The van der Waals surface area contributed by atoms with Gasteiger partial charge in [-0.05, 0) is 45.1 Å². The number of hydrogen-bond donors (Lipinski definition) is 1. The summed E-state index contributed by atoms with van der Waals surface area (Å²) in [6, 6.07) is 1.46. The van der Waals surface area contributed by atoms with Crippen molar-refractivity contribution in [3.8, 4) is 0 Å². The average Bonchev–Trinajstić information content (AvgIpc) is 2.77. The van der Waals surface area contributed by atoms with Crippen molar-refractivity contribution >= 4 is 0 Å². The molecule has 88 valence electrons. The van der Waals surface area contributed by atoms with Gasteiger partial charge in [-0.2, -0.15) is 0 Å². The van der Waals surface area contributed by atoms with E-state index in [0.717, 1.165) is 18.5 Å². The lowest BCUT2D eigenvalue weighted by atomic mass is 9.84. The van der Waals surface area contributed by atoms with Gasteiger partial charge < -0.3 is 5.73 Å². The molecule has 1 heterocycles. The van der Waals surface area contributed by atoms with Crippen molar-refractivity contribution in [1.29, 1.82) is 0 Å². The molecule has 0 amide bonds. The van der Waals surface area contributed by atoms with Crippen LogP contribution in [0.3, 0.4) is 0 Å². The summed E-state index contributed by atoms with van der Waals surface area (Å²) >= 11 is 0. The molecule has 1 aliphatic heterocycles. The van der Waals surface area contributed by atoms with Crippen LogP contribution in [0.2, 0.25) is 0 Å². The van der Waals surface area contributed by atoms with Gasteiger partial charge in [0, 0.05) is 18.6 Å². The van der Waals surface area contributed by atoms with E-state index in [2.05, 4.69) is 11.8 Å². The monoisotopic (exact) mass is 210 g/mol. The Kier molecular flexibility index (Phi) is 4.04. The summed E-state index contributed by atoms with van der Waals surface area (Å²) in [6.07, 6.45) is 9.96. The van der Waals surface area contributed by atoms with E-state index in [1.165, 1.54) is 51.5 Å². The molecule has 1 saturated carbocycles. The minimum absolute atomic E-state index is 0.682. The van der Waals surface area contributed by atoms with Crippen molar-refractivity contribution in [2.45, 2.75) is 64.0 Å². The Morgan fingerprint density at radius 3 is 2.53 bits per heavy atom. The quantitative estimate of drug-likeness (QED) is 0.775. The zero-order chi connectivity index (χ0) is 10.7. The van der Waals surface area contributed by atoms with Crippen molar-refractivity contribution in [2.75, 3.05) is 13.1 Å². The molecule has 15 heavy (non-hydrogen) atoms. The van der Waals surface area contributed by atoms with Gasteiger partial charge in [0.25, 0.3) is 0 Å². The summed E-state index contributed by atoms with van der Waals surface area (Å²) in [5, 5.41) is 0. The van der Waals surface area contributed by atoms with E-state index in [1.54, 1.807) is 0 Å². The van der Waals surface area contributed by atoms with Crippen molar-refractivity contribution < 1.29 is 0 Å². The molecule has 0 aromatic rings. The van der Waals surface area contributed by atoms with Gasteiger partial charge in [-0.15, -0.1) is 0 Å². The third kappa shape index (κ3) is 2.54. The van der Waals surface area contributed by atoms with Crippen LogP contribution < -0.4 is 5.73 Å². The number of nitrogens with two attached hydrogens (primary N) is 1. The Balaban J connectivity index is 1.90. The molecular formula is C13H26N2. The third-order valence-corrected chi connectivity index (χ3v) is 4.55. The number of likely N-dealkylation sites (tertiary alicyclic amines) is 1. The molecule has 0 aromatic carbocycles. The van der Waals surface area contributed by atoms with Crippen LogP contribution in [0.1, 0.15) is 51.9 Å². The van der Waals surface area contributed by atoms with Gasteiger partial charge in [0.1, 0.15) is 0 Å². The van der Waals surface area contributed by atoms with Gasteiger partial charge in [-0.25, -0.2) is 0 Å². The highest BCUT2D eigenvalue weighted by Crippen LogP contribution is 2.32. The normalized spacial score (nSPS) is 32.0. The minimum Gasteiger partial charge on any atom is -0.329 e. The van der Waals surface area contributed by atoms with Crippen LogP contribution in [0, 0.1) is 5.92 Å². The van der Waals surface area contributed by atoms with Crippen LogP contribution >= 0.6 is 0 Å². The maximum atomic E-state index is 5.85. The maximum Gasteiger partial charge on any atom is 0.0221 e. The molecule has 1 aliphatic carbocycles. The first-order valence-electron chi connectivity index (χ1n) is 6.78. The number of nitrogens with zero attached hydrogens (tertiary/aromatic N) is 1. The highest BCUT2D eigenvalue weighted by Gasteiger charge is 2.32. The second kappa shape index (κ2) is 5.31. The van der Waals surface area contributed by atoms with Gasteiger partial charge in [0.2, 0.25) is 0 Å². The minimum atomic E-state index is 0.682. The molecule has 0 spiro atoms. The number of rotatable bonds is 3. The van der Waals surface area contributed by atoms with Crippen LogP contribution in [-0.4, -0.2) is 30.1 Å². The molecule has 0 aromatic heterocycles. The fourth-order valence-electron chi connectivity index (χ4n) is 3.53. The van der Waals surface area contributed by atoms with E-state index in [0.29, 0.717) is 6.04 Å². The summed E-state index contributed by atoms with van der Waals surface area (Å²) in [5.41, 5.74) is 5.85.